The van der Waals surface area contributed by atoms with E-state index in [1.54, 1.807) is 12.1 Å². The molecule has 1 aromatic rings. The monoisotopic (exact) mass is 393 g/mol. The van der Waals surface area contributed by atoms with Crippen molar-refractivity contribution < 1.29 is 28.2 Å². The third kappa shape index (κ3) is 4.63. The van der Waals surface area contributed by atoms with Crippen molar-refractivity contribution in [2.24, 2.45) is 5.92 Å². The Morgan fingerprint density at radius 3 is 2.54 bits per heavy atom. The van der Waals surface area contributed by atoms with Crippen LogP contribution in [-0.2, 0) is 19.1 Å². The first kappa shape index (κ1) is 20.6. The lowest BCUT2D eigenvalue weighted by Crippen LogP contribution is -2.58. The number of hydrogen-bond donors (Lipinski definition) is 0. The first-order valence-corrected chi connectivity index (χ1v) is 10.1. The van der Waals surface area contributed by atoms with Gasteiger partial charge in [0.15, 0.2) is 0 Å². The summed E-state index contributed by atoms with van der Waals surface area (Å²) in [4.78, 5) is 25.7. The Hall–Kier alpha value is -2.15. The van der Waals surface area contributed by atoms with Crippen LogP contribution in [0.2, 0.25) is 0 Å². The molecule has 2 aliphatic heterocycles. The van der Waals surface area contributed by atoms with Crippen LogP contribution in [-0.4, -0.2) is 42.4 Å². The Kier molecular flexibility index (Phi) is 6.88. The third-order valence-electron chi connectivity index (χ3n) is 5.39. The second kappa shape index (κ2) is 9.37. The number of hydrogen-bond acceptors (Lipinski definition) is 6. The number of benzene rings is 1. The summed E-state index contributed by atoms with van der Waals surface area (Å²) < 4.78 is 29.6. The maximum absolute atomic E-state index is 13.0. The molecule has 1 spiro atoms. The molecule has 0 amide bonds. The summed E-state index contributed by atoms with van der Waals surface area (Å²) in [7, 11) is 0. The lowest BCUT2D eigenvalue weighted by atomic mass is 9.88. The molecule has 0 N–H and O–H groups in total. The van der Waals surface area contributed by atoms with E-state index in [1.807, 2.05) is 4.90 Å². The van der Waals surface area contributed by atoms with E-state index in [4.69, 9.17) is 14.2 Å². The summed E-state index contributed by atoms with van der Waals surface area (Å²) in [5.74, 6) is -2.86. The van der Waals surface area contributed by atoms with Crippen molar-refractivity contribution in [1.29, 1.82) is 0 Å². The quantitative estimate of drug-likeness (QED) is 0.363. The molecule has 2 aliphatic rings. The van der Waals surface area contributed by atoms with Crippen LogP contribution in [0.1, 0.15) is 51.9 Å². The standard InChI is InChI=1S/C21H28FNO5/c1-2-3-4-13-23-14-5-7-16(21(23)27-19(24)20(25)28-21)8-6-15-26-18-11-9-17(22)10-12-18/h9-12,16H,2-8,13-15H2,1H3. The second-order valence-electron chi connectivity index (χ2n) is 7.39. The number of carbonyl (C=O) groups is 2. The minimum absolute atomic E-state index is 0.0879. The Morgan fingerprint density at radius 1 is 1.14 bits per heavy atom. The lowest BCUT2D eigenvalue weighted by Gasteiger charge is -2.45. The van der Waals surface area contributed by atoms with Crippen LogP contribution in [0.15, 0.2) is 24.3 Å². The summed E-state index contributed by atoms with van der Waals surface area (Å²) in [6, 6.07) is 5.90. The second-order valence-corrected chi connectivity index (χ2v) is 7.39. The Labute approximate surface area is 164 Å². The predicted octanol–water partition coefficient (Wildman–Crippen LogP) is 3.64. The molecule has 6 nitrogen and oxygen atoms in total. The van der Waals surface area contributed by atoms with Gasteiger partial charge in [-0.25, -0.2) is 18.9 Å². The molecule has 28 heavy (non-hydrogen) atoms. The van der Waals surface area contributed by atoms with E-state index in [1.165, 1.54) is 12.1 Å². The Morgan fingerprint density at radius 2 is 1.86 bits per heavy atom. The molecule has 2 heterocycles. The number of halogens is 1. The number of unbranched alkanes of at least 4 members (excludes halogenated alkanes) is 2. The SMILES string of the molecule is CCCCCN1CCCC(CCCOc2ccc(F)cc2)C12OC(=O)C(=O)O2. The largest absolute Gasteiger partial charge is 0.494 e. The van der Waals surface area contributed by atoms with Gasteiger partial charge in [0.1, 0.15) is 11.6 Å². The minimum Gasteiger partial charge on any atom is -0.494 e. The van der Waals surface area contributed by atoms with Crippen LogP contribution in [0.25, 0.3) is 0 Å². The zero-order valence-corrected chi connectivity index (χ0v) is 16.3. The van der Waals surface area contributed by atoms with Gasteiger partial charge in [-0.15, -0.1) is 0 Å². The fraction of sp³-hybridized carbons (Fsp3) is 0.619. The average molecular weight is 393 g/mol. The first-order valence-electron chi connectivity index (χ1n) is 10.1. The highest BCUT2D eigenvalue weighted by atomic mass is 19.1. The summed E-state index contributed by atoms with van der Waals surface area (Å²) in [6.45, 7) is 4.06. The van der Waals surface area contributed by atoms with Gasteiger partial charge in [0.25, 0.3) is 0 Å². The first-order chi connectivity index (χ1) is 13.5. The molecule has 0 saturated carbocycles. The predicted molar refractivity (Wildman–Crippen MR) is 99.9 cm³/mol. The summed E-state index contributed by atoms with van der Waals surface area (Å²) in [6.07, 6.45) is 6.32. The summed E-state index contributed by atoms with van der Waals surface area (Å²) >= 11 is 0. The lowest BCUT2D eigenvalue weighted by molar-refractivity contribution is -0.292. The van der Waals surface area contributed by atoms with Gasteiger partial charge in [-0.2, -0.15) is 0 Å². The maximum Gasteiger partial charge on any atom is 0.421 e. The van der Waals surface area contributed by atoms with Crippen molar-refractivity contribution in [1.82, 2.24) is 4.90 Å². The van der Waals surface area contributed by atoms with Gasteiger partial charge in [0.05, 0.1) is 12.5 Å². The third-order valence-corrected chi connectivity index (χ3v) is 5.39. The molecule has 0 aromatic heterocycles. The van der Waals surface area contributed by atoms with E-state index in [0.29, 0.717) is 25.2 Å². The Balaban J connectivity index is 1.60. The summed E-state index contributed by atoms with van der Waals surface area (Å²) in [5, 5.41) is 0. The zero-order chi connectivity index (χ0) is 20.0. The van der Waals surface area contributed by atoms with Crippen molar-refractivity contribution in [3.05, 3.63) is 30.1 Å². The number of nitrogens with zero attached hydrogens (tertiary/aromatic N) is 1. The van der Waals surface area contributed by atoms with E-state index in [0.717, 1.165) is 45.2 Å². The van der Waals surface area contributed by atoms with Crippen LogP contribution in [0.3, 0.4) is 0 Å². The van der Waals surface area contributed by atoms with Crippen LogP contribution >= 0.6 is 0 Å². The summed E-state index contributed by atoms with van der Waals surface area (Å²) in [5.41, 5.74) is 0. The molecule has 1 unspecified atom stereocenters. The minimum atomic E-state index is -1.27. The number of likely N-dealkylation sites (tertiary alicyclic amines) is 1. The highest BCUT2D eigenvalue weighted by Crippen LogP contribution is 2.42. The number of piperidine rings is 1. The zero-order valence-electron chi connectivity index (χ0n) is 16.3. The Bertz CT molecular complexity index is 662. The smallest absolute Gasteiger partial charge is 0.421 e. The van der Waals surface area contributed by atoms with E-state index >= 15 is 0 Å². The molecule has 2 saturated heterocycles. The number of ether oxygens (including phenoxy) is 3. The topological polar surface area (TPSA) is 65.1 Å². The van der Waals surface area contributed by atoms with E-state index in [9.17, 15) is 14.0 Å². The van der Waals surface area contributed by atoms with Gasteiger partial charge in [-0.05, 0) is 56.4 Å². The molecule has 3 rings (SSSR count). The molecule has 0 aliphatic carbocycles. The van der Waals surface area contributed by atoms with E-state index in [2.05, 4.69) is 6.92 Å². The van der Waals surface area contributed by atoms with Gasteiger partial charge in [0, 0.05) is 13.1 Å². The van der Waals surface area contributed by atoms with Crippen LogP contribution in [0.5, 0.6) is 5.75 Å². The van der Waals surface area contributed by atoms with E-state index in [-0.39, 0.29) is 11.7 Å². The van der Waals surface area contributed by atoms with Crippen LogP contribution in [0.4, 0.5) is 4.39 Å². The molecule has 7 heteroatoms. The highest BCUT2D eigenvalue weighted by Gasteiger charge is 2.58. The number of esters is 2. The van der Waals surface area contributed by atoms with Gasteiger partial charge in [-0.1, -0.05) is 19.8 Å². The van der Waals surface area contributed by atoms with Gasteiger partial charge >= 0.3 is 17.8 Å². The highest BCUT2D eigenvalue weighted by molar-refractivity contribution is 6.31. The maximum atomic E-state index is 13.0. The molecule has 1 aromatic carbocycles. The fourth-order valence-electron chi connectivity index (χ4n) is 3.99. The fourth-order valence-corrected chi connectivity index (χ4v) is 3.99. The molecule has 0 radical (unpaired) electrons. The van der Waals surface area contributed by atoms with E-state index < -0.39 is 17.8 Å². The van der Waals surface area contributed by atoms with Gasteiger partial charge in [0.2, 0.25) is 0 Å². The van der Waals surface area contributed by atoms with Gasteiger partial charge in [-0.3, -0.25) is 0 Å². The van der Waals surface area contributed by atoms with Crippen molar-refractivity contribution in [2.45, 2.75) is 57.8 Å². The van der Waals surface area contributed by atoms with Crippen LogP contribution in [0, 0.1) is 11.7 Å². The molecule has 2 fully saturated rings. The van der Waals surface area contributed by atoms with Crippen molar-refractivity contribution in [2.75, 3.05) is 19.7 Å². The molecule has 154 valence electrons. The van der Waals surface area contributed by atoms with Crippen LogP contribution < -0.4 is 4.74 Å². The molecule has 1 atom stereocenters. The van der Waals surface area contributed by atoms with Gasteiger partial charge < -0.3 is 14.2 Å². The molecule has 0 bridgehead atoms. The van der Waals surface area contributed by atoms with Crippen molar-refractivity contribution >= 4 is 11.9 Å². The molecular weight excluding hydrogens is 365 g/mol. The van der Waals surface area contributed by atoms with Crippen molar-refractivity contribution in [3.8, 4) is 5.75 Å². The molecular formula is C21H28FNO5. The van der Waals surface area contributed by atoms with Crippen molar-refractivity contribution in [3.63, 3.8) is 0 Å². The number of rotatable bonds is 9. The number of carbonyl (C=O) groups excluding carboxylic acids is 2. The average Bonchev–Trinajstić information content (AvgIpc) is 2.98. The normalized spacial score (nSPS) is 21.6.